The van der Waals surface area contributed by atoms with Crippen molar-refractivity contribution in [3.8, 4) is 0 Å². The van der Waals surface area contributed by atoms with E-state index < -0.39 is 23.8 Å². The summed E-state index contributed by atoms with van der Waals surface area (Å²) in [7, 11) is 0. The van der Waals surface area contributed by atoms with E-state index >= 15 is 0 Å². The van der Waals surface area contributed by atoms with Crippen LogP contribution in [0.4, 0.5) is 0 Å². The van der Waals surface area contributed by atoms with Crippen molar-refractivity contribution in [2.24, 2.45) is 11.8 Å². The number of carbonyl (C=O) groups is 4. The molecule has 100 valence electrons. The summed E-state index contributed by atoms with van der Waals surface area (Å²) in [6.45, 7) is 0. The Morgan fingerprint density at radius 3 is 1.28 bits per heavy atom. The average Bonchev–Trinajstić information content (AvgIpc) is 2.88. The number of hydrogen-bond donors (Lipinski definition) is 2. The third kappa shape index (κ3) is 4.27. The van der Waals surface area contributed by atoms with Crippen LogP contribution < -0.4 is 0 Å². The van der Waals surface area contributed by atoms with E-state index in [1.807, 2.05) is 0 Å². The first-order chi connectivity index (χ1) is 8.40. The lowest BCUT2D eigenvalue weighted by molar-refractivity contribution is -0.142. The van der Waals surface area contributed by atoms with Crippen molar-refractivity contribution in [2.45, 2.75) is 38.5 Å². The molecule has 2 atom stereocenters. The molecule has 0 bridgehead atoms. The fraction of sp³-hybridized carbons (Fsp3) is 0.667. The predicted octanol–water partition coefficient (Wildman–Crippen LogP) is 0.880. The molecule has 0 amide bonds. The minimum absolute atomic E-state index is 0.0856. The second-order valence-electron chi connectivity index (χ2n) is 4.63. The number of carbonyl (C=O) groups excluding carboxylic acids is 2. The number of rotatable bonds is 2. The molecule has 6 heteroatoms. The van der Waals surface area contributed by atoms with Gasteiger partial charge in [0, 0.05) is 25.7 Å². The van der Waals surface area contributed by atoms with Crippen LogP contribution in [0.1, 0.15) is 38.5 Å². The minimum atomic E-state index is -0.833. The molecular weight excluding hydrogens is 240 g/mol. The Labute approximate surface area is 104 Å². The molecule has 2 fully saturated rings. The number of Topliss-reactive ketones (excluding diaryl/α,β-unsaturated/α-hetero) is 2. The maximum absolute atomic E-state index is 10.5. The molecule has 2 rings (SSSR count). The summed E-state index contributed by atoms with van der Waals surface area (Å²) >= 11 is 0. The number of carboxylic acid groups (broad SMARTS) is 2. The Balaban J connectivity index is 0.000000180. The SMILES string of the molecule is O=C1CCC(C(=O)O)C1.O=C1CCC(C(=O)O)C1. The third-order valence-corrected chi connectivity index (χ3v) is 3.19. The van der Waals surface area contributed by atoms with Crippen molar-refractivity contribution >= 4 is 23.5 Å². The highest BCUT2D eigenvalue weighted by atomic mass is 16.4. The predicted molar refractivity (Wildman–Crippen MR) is 60.0 cm³/mol. The molecule has 0 radical (unpaired) electrons. The van der Waals surface area contributed by atoms with Gasteiger partial charge >= 0.3 is 11.9 Å². The molecule has 0 aromatic rings. The summed E-state index contributed by atoms with van der Waals surface area (Å²) in [5.74, 6) is -2.28. The van der Waals surface area contributed by atoms with Gasteiger partial charge in [-0.3, -0.25) is 19.2 Å². The van der Waals surface area contributed by atoms with Crippen molar-refractivity contribution in [1.82, 2.24) is 0 Å². The van der Waals surface area contributed by atoms with Crippen LogP contribution in [-0.2, 0) is 19.2 Å². The van der Waals surface area contributed by atoms with Crippen molar-refractivity contribution in [1.29, 1.82) is 0 Å². The minimum Gasteiger partial charge on any atom is -0.481 e. The lowest BCUT2D eigenvalue weighted by Crippen LogP contribution is -2.09. The Morgan fingerprint density at radius 1 is 0.833 bits per heavy atom. The Hall–Kier alpha value is -1.72. The van der Waals surface area contributed by atoms with E-state index in [9.17, 15) is 19.2 Å². The molecule has 2 unspecified atom stereocenters. The summed E-state index contributed by atoms with van der Waals surface area (Å²) in [4.78, 5) is 41.4. The van der Waals surface area contributed by atoms with Gasteiger partial charge in [-0.05, 0) is 12.8 Å². The zero-order chi connectivity index (χ0) is 13.7. The Kier molecular flexibility index (Phi) is 5.00. The first-order valence-corrected chi connectivity index (χ1v) is 5.89. The second-order valence-corrected chi connectivity index (χ2v) is 4.63. The van der Waals surface area contributed by atoms with Crippen LogP contribution >= 0.6 is 0 Å². The number of ketones is 2. The van der Waals surface area contributed by atoms with Gasteiger partial charge in [-0.1, -0.05) is 0 Å². The van der Waals surface area contributed by atoms with Crippen LogP contribution in [0.3, 0.4) is 0 Å². The average molecular weight is 256 g/mol. The molecule has 0 aliphatic heterocycles. The number of hydrogen-bond acceptors (Lipinski definition) is 4. The maximum atomic E-state index is 10.5. The van der Waals surface area contributed by atoms with Gasteiger partial charge in [0.2, 0.25) is 0 Å². The maximum Gasteiger partial charge on any atom is 0.306 e. The van der Waals surface area contributed by atoms with E-state index in [-0.39, 0.29) is 24.4 Å². The molecule has 0 saturated heterocycles. The van der Waals surface area contributed by atoms with Gasteiger partial charge in [0.05, 0.1) is 11.8 Å². The first-order valence-electron chi connectivity index (χ1n) is 5.89. The van der Waals surface area contributed by atoms with Crippen LogP contribution in [0.5, 0.6) is 0 Å². The monoisotopic (exact) mass is 256 g/mol. The van der Waals surface area contributed by atoms with Gasteiger partial charge in [0.25, 0.3) is 0 Å². The fourth-order valence-electron chi connectivity index (χ4n) is 2.05. The van der Waals surface area contributed by atoms with Crippen molar-refractivity contribution in [2.75, 3.05) is 0 Å². The standard InChI is InChI=1S/2C6H8O3/c2*7-5-2-1-4(3-5)6(8)9/h2*4H,1-3H2,(H,8,9). The van der Waals surface area contributed by atoms with Gasteiger partial charge < -0.3 is 10.2 Å². The van der Waals surface area contributed by atoms with Crippen LogP contribution in [0.25, 0.3) is 0 Å². The topological polar surface area (TPSA) is 109 Å². The molecule has 2 N–H and O–H groups in total. The molecular formula is C12H16O6. The lowest BCUT2D eigenvalue weighted by atomic mass is 10.1. The summed E-state index contributed by atoms with van der Waals surface area (Å²) in [6, 6.07) is 0. The molecule has 0 heterocycles. The zero-order valence-corrected chi connectivity index (χ0v) is 9.92. The molecule has 2 aliphatic carbocycles. The summed E-state index contributed by atoms with van der Waals surface area (Å²) in [6.07, 6.45) is 2.47. The van der Waals surface area contributed by atoms with Crippen molar-refractivity contribution < 1.29 is 29.4 Å². The van der Waals surface area contributed by atoms with Crippen LogP contribution in [0, 0.1) is 11.8 Å². The van der Waals surface area contributed by atoms with E-state index in [0.717, 1.165) is 0 Å². The summed E-state index contributed by atoms with van der Waals surface area (Å²) in [5, 5.41) is 16.8. The molecule has 18 heavy (non-hydrogen) atoms. The zero-order valence-electron chi connectivity index (χ0n) is 9.92. The highest BCUT2D eigenvalue weighted by Crippen LogP contribution is 2.22. The normalized spacial score (nSPS) is 26.7. The molecule has 0 aromatic heterocycles. The Morgan fingerprint density at radius 2 is 1.17 bits per heavy atom. The van der Waals surface area contributed by atoms with Crippen molar-refractivity contribution in [3.63, 3.8) is 0 Å². The van der Waals surface area contributed by atoms with Crippen LogP contribution in [0.2, 0.25) is 0 Å². The van der Waals surface area contributed by atoms with Gasteiger partial charge in [-0.2, -0.15) is 0 Å². The van der Waals surface area contributed by atoms with E-state index in [1.54, 1.807) is 0 Å². The third-order valence-electron chi connectivity index (χ3n) is 3.19. The molecule has 0 spiro atoms. The molecule has 6 nitrogen and oxygen atoms in total. The van der Waals surface area contributed by atoms with E-state index in [1.165, 1.54) is 0 Å². The first kappa shape index (κ1) is 14.3. The van der Waals surface area contributed by atoms with Gasteiger partial charge in [-0.15, -0.1) is 0 Å². The summed E-state index contributed by atoms with van der Waals surface area (Å²) < 4.78 is 0. The van der Waals surface area contributed by atoms with E-state index in [4.69, 9.17) is 10.2 Å². The summed E-state index contributed by atoms with van der Waals surface area (Å²) in [5.41, 5.74) is 0. The highest BCUT2D eigenvalue weighted by Gasteiger charge is 2.28. The van der Waals surface area contributed by atoms with Gasteiger partial charge in [0.1, 0.15) is 11.6 Å². The van der Waals surface area contributed by atoms with Crippen LogP contribution in [-0.4, -0.2) is 33.7 Å². The molecule has 0 aromatic carbocycles. The Bertz CT molecular complexity index is 337. The van der Waals surface area contributed by atoms with E-state index in [0.29, 0.717) is 25.7 Å². The second kappa shape index (κ2) is 6.28. The lowest BCUT2D eigenvalue weighted by Gasteiger charge is -1.96. The van der Waals surface area contributed by atoms with Crippen LogP contribution in [0.15, 0.2) is 0 Å². The fourth-order valence-corrected chi connectivity index (χ4v) is 2.05. The smallest absolute Gasteiger partial charge is 0.306 e. The van der Waals surface area contributed by atoms with Crippen molar-refractivity contribution in [3.05, 3.63) is 0 Å². The molecule has 2 saturated carbocycles. The number of aliphatic carboxylic acids is 2. The van der Waals surface area contributed by atoms with Gasteiger partial charge in [0.15, 0.2) is 0 Å². The quantitative estimate of drug-likeness (QED) is 0.759. The highest BCUT2D eigenvalue weighted by molar-refractivity contribution is 5.87. The number of carboxylic acids is 2. The van der Waals surface area contributed by atoms with Gasteiger partial charge in [-0.25, -0.2) is 0 Å². The largest absolute Gasteiger partial charge is 0.481 e. The van der Waals surface area contributed by atoms with E-state index in [2.05, 4.69) is 0 Å². The molecule has 2 aliphatic rings.